The van der Waals surface area contributed by atoms with Crippen LogP contribution in [0.15, 0.2) is 116 Å². The standard InChI is InChI=1S/C40H31N5.Pt/c1-26-21-27(2)38(28(3)22-26)35-25-44(42-39(35)29-11-6-5-7-12-29)31-17-18-34-33-15-8-9-16-36(33)45(37(34)24-31)32-14-10-13-30(23-32)40-41-19-20-43(40)4;/h5-22,25H,1-4H3;/q-2;+2. The van der Waals surface area contributed by atoms with Crippen LogP contribution in [0.4, 0.5) is 0 Å². The van der Waals surface area contributed by atoms with Gasteiger partial charge in [-0.15, -0.1) is 47.3 Å². The average molecular weight is 777 g/mol. The third kappa shape index (κ3) is 4.92. The summed E-state index contributed by atoms with van der Waals surface area (Å²) in [5.41, 5.74) is 12.9. The van der Waals surface area contributed by atoms with Crippen molar-refractivity contribution in [2.45, 2.75) is 20.8 Å². The molecule has 5 nitrogen and oxygen atoms in total. The molecule has 0 aliphatic rings. The number of nitrogens with zero attached hydrogens (tertiary/aromatic N) is 5. The monoisotopic (exact) mass is 776 g/mol. The molecule has 0 aliphatic carbocycles. The molecule has 0 radical (unpaired) electrons. The first kappa shape index (κ1) is 29.7. The largest absolute Gasteiger partial charge is 2.00 e. The number of para-hydroxylation sites is 1. The Hall–Kier alpha value is -4.99. The minimum atomic E-state index is 0. The van der Waals surface area contributed by atoms with Gasteiger partial charge >= 0.3 is 21.1 Å². The summed E-state index contributed by atoms with van der Waals surface area (Å²) < 4.78 is 6.24. The number of hydrogen-bond donors (Lipinski definition) is 0. The van der Waals surface area contributed by atoms with E-state index in [2.05, 4.69) is 140 Å². The summed E-state index contributed by atoms with van der Waals surface area (Å²) in [5, 5.41) is 7.51. The van der Waals surface area contributed by atoms with Gasteiger partial charge < -0.3 is 9.13 Å². The Balaban J connectivity index is 0.00000338. The Labute approximate surface area is 283 Å². The molecule has 6 heteroatoms. The summed E-state index contributed by atoms with van der Waals surface area (Å²) in [6.07, 6.45) is 5.93. The van der Waals surface area contributed by atoms with Crippen LogP contribution in [-0.4, -0.2) is 23.9 Å². The molecule has 0 fully saturated rings. The van der Waals surface area contributed by atoms with Crippen LogP contribution in [0.1, 0.15) is 16.7 Å². The maximum atomic E-state index is 5.21. The van der Waals surface area contributed by atoms with Gasteiger partial charge in [-0.1, -0.05) is 71.7 Å². The second kappa shape index (κ2) is 11.7. The van der Waals surface area contributed by atoms with E-state index in [4.69, 9.17) is 5.10 Å². The number of fused-ring (bicyclic) bond motifs is 3. The van der Waals surface area contributed by atoms with E-state index in [0.717, 1.165) is 56.0 Å². The summed E-state index contributed by atoms with van der Waals surface area (Å²) in [6, 6.07) is 41.4. The van der Waals surface area contributed by atoms with Gasteiger partial charge in [0.25, 0.3) is 0 Å². The molecule has 3 heterocycles. The molecule has 0 bridgehead atoms. The van der Waals surface area contributed by atoms with Crippen LogP contribution < -0.4 is 0 Å². The zero-order valence-corrected chi connectivity index (χ0v) is 28.3. The Morgan fingerprint density at radius 2 is 1.48 bits per heavy atom. The topological polar surface area (TPSA) is 40.6 Å². The van der Waals surface area contributed by atoms with Gasteiger partial charge in [0.2, 0.25) is 0 Å². The number of aryl methyl sites for hydroxylation is 4. The molecule has 0 saturated heterocycles. The van der Waals surface area contributed by atoms with Crippen LogP contribution in [0.2, 0.25) is 0 Å². The van der Waals surface area contributed by atoms with Gasteiger partial charge in [-0.3, -0.25) is 9.67 Å². The molecule has 0 amide bonds. The predicted molar refractivity (Wildman–Crippen MR) is 183 cm³/mol. The van der Waals surface area contributed by atoms with Gasteiger partial charge in [-0.2, -0.15) is 11.2 Å². The van der Waals surface area contributed by atoms with Crippen LogP contribution >= 0.6 is 0 Å². The molecule has 0 N–H and O–H groups in total. The maximum Gasteiger partial charge on any atom is 2.00 e. The van der Waals surface area contributed by atoms with Gasteiger partial charge in [0.1, 0.15) is 5.69 Å². The second-order valence-corrected chi connectivity index (χ2v) is 11.7. The first-order valence-electron chi connectivity index (χ1n) is 15.2. The Kier molecular flexibility index (Phi) is 7.58. The zero-order valence-electron chi connectivity index (χ0n) is 26.0. The van der Waals surface area contributed by atoms with Crippen molar-refractivity contribution in [3.63, 3.8) is 0 Å². The molecule has 0 saturated carbocycles. The van der Waals surface area contributed by atoms with Crippen molar-refractivity contribution < 1.29 is 21.1 Å². The third-order valence-corrected chi connectivity index (χ3v) is 8.61. The smallest absolute Gasteiger partial charge is 0.373 e. The molecule has 0 unspecified atom stereocenters. The molecular formula is C40H31N5Pt. The SMILES string of the molecule is Cc1cc(C)c(-c2cn(-c3[c-]c4c(cc3)c3ccccc3n4-c3[c-]c(-c4nccn4C)ccc3)nc2-c2ccccc2)c(C)c1.[Pt+2]. The molecule has 0 aliphatic heterocycles. The molecule has 8 aromatic rings. The Morgan fingerprint density at radius 1 is 0.717 bits per heavy atom. The fourth-order valence-corrected chi connectivity index (χ4v) is 6.70. The molecule has 8 rings (SSSR count). The van der Waals surface area contributed by atoms with Gasteiger partial charge in [0.05, 0.1) is 5.82 Å². The Bertz CT molecular complexity index is 2350. The van der Waals surface area contributed by atoms with Gasteiger partial charge in [0.15, 0.2) is 0 Å². The molecule has 226 valence electrons. The van der Waals surface area contributed by atoms with Crippen LogP contribution in [0.25, 0.3) is 67.0 Å². The third-order valence-electron chi connectivity index (χ3n) is 8.61. The van der Waals surface area contributed by atoms with E-state index in [1.165, 1.54) is 27.6 Å². The van der Waals surface area contributed by atoms with Crippen LogP contribution in [-0.2, 0) is 28.1 Å². The molecule has 46 heavy (non-hydrogen) atoms. The molecule has 0 spiro atoms. The quantitative estimate of drug-likeness (QED) is 0.164. The van der Waals surface area contributed by atoms with E-state index >= 15 is 0 Å². The van der Waals surface area contributed by atoms with Crippen LogP contribution in [0.3, 0.4) is 0 Å². The van der Waals surface area contributed by atoms with E-state index in [9.17, 15) is 0 Å². The fourth-order valence-electron chi connectivity index (χ4n) is 6.70. The van der Waals surface area contributed by atoms with Crippen molar-refractivity contribution in [3.05, 3.63) is 144 Å². The number of aromatic nitrogens is 5. The number of rotatable bonds is 5. The molecular weight excluding hydrogens is 746 g/mol. The second-order valence-electron chi connectivity index (χ2n) is 11.7. The van der Waals surface area contributed by atoms with E-state index in [-0.39, 0.29) is 21.1 Å². The van der Waals surface area contributed by atoms with Gasteiger partial charge in [-0.25, -0.2) is 0 Å². The van der Waals surface area contributed by atoms with Crippen molar-refractivity contribution in [1.29, 1.82) is 0 Å². The van der Waals surface area contributed by atoms with E-state index < -0.39 is 0 Å². The molecule has 3 aromatic heterocycles. The van der Waals surface area contributed by atoms with E-state index in [0.29, 0.717) is 0 Å². The Morgan fingerprint density at radius 3 is 2.24 bits per heavy atom. The minimum absolute atomic E-state index is 0. The first-order valence-corrected chi connectivity index (χ1v) is 15.2. The molecule has 5 aromatic carbocycles. The van der Waals surface area contributed by atoms with Gasteiger partial charge in [0, 0.05) is 42.3 Å². The van der Waals surface area contributed by atoms with E-state index in [1.807, 2.05) is 34.8 Å². The zero-order chi connectivity index (χ0) is 30.7. The van der Waals surface area contributed by atoms with Crippen molar-refractivity contribution in [2.75, 3.05) is 0 Å². The summed E-state index contributed by atoms with van der Waals surface area (Å²) in [5.74, 6) is 0.876. The van der Waals surface area contributed by atoms with Crippen molar-refractivity contribution in [2.24, 2.45) is 7.05 Å². The summed E-state index contributed by atoms with van der Waals surface area (Å²) in [6.45, 7) is 6.53. The van der Waals surface area contributed by atoms with Crippen molar-refractivity contribution in [3.8, 4) is 45.1 Å². The minimum Gasteiger partial charge on any atom is -0.373 e. The number of imidazole rings is 1. The van der Waals surface area contributed by atoms with Crippen molar-refractivity contribution >= 4 is 21.8 Å². The molecule has 0 atom stereocenters. The van der Waals surface area contributed by atoms with Gasteiger partial charge in [-0.05, 0) is 60.3 Å². The fraction of sp³-hybridized carbons (Fsp3) is 0.100. The van der Waals surface area contributed by atoms with Crippen molar-refractivity contribution in [1.82, 2.24) is 23.9 Å². The van der Waals surface area contributed by atoms with Crippen LogP contribution in [0, 0.1) is 32.9 Å². The average Bonchev–Trinajstić information content (AvgIpc) is 3.76. The summed E-state index contributed by atoms with van der Waals surface area (Å²) in [7, 11) is 2.00. The normalized spacial score (nSPS) is 11.3. The number of hydrogen-bond acceptors (Lipinski definition) is 2. The van der Waals surface area contributed by atoms with E-state index in [1.54, 1.807) is 0 Å². The first-order chi connectivity index (χ1) is 22.0. The summed E-state index contributed by atoms with van der Waals surface area (Å²) >= 11 is 0. The maximum absolute atomic E-state index is 5.21. The predicted octanol–water partition coefficient (Wildman–Crippen LogP) is 9.23. The van der Waals surface area contributed by atoms with Crippen LogP contribution in [0.5, 0.6) is 0 Å². The summed E-state index contributed by atoms with van der Waals surface area (Å²) in [4.78, 5) is 4.57. The number of benzene rings is 5.